The second-order valence-electron chi connectivity index (χ2n) is 5.81. The molecule has 0 aromatic heterocycles. The van der Waals surface area contributed by atoms with Gasteiger partial charge in [-0.15, -0.1) is 0 Å². The summed E-state index contributed by atoms with van der Waals surface area (Å²) < 4.78 is 11.4. The van der Waals surface area contributed by atoms with Crippen LogP contribution in [0.5, 0.6) is 11.5 Å². The van der Waals surface area contributed by atoms with Gasteiger partial charge in [0.15, 0.2) is 11.5 Å². The summed E-state index contributed by atoms with van der Waals surface area (Å²) in [7, 11) is 0. The molecule has 0 amide bonds. The zero-order valence-electron chi connectivity index (χ0n) is 12.5. The van der Waals surface area contributed by atoms with Gasteiger partial charge in [-0.1, -0.05) is 26.2 Å². The van der Waals surface area contributed by atoms with Crippen LogP contribution < -0.4 is 14.8 Å². The fourth-order valence-electron chi connectivity index (χ4n) is 2.37. The van der Waals surface area contributed by atoms with E-state index in [0.29, 0.717) is 6.04 Å². The predicted octanol–water partition coefficient (Wildman–Crippen LogP) is 4.57. The molecule has 0 radical (unpaired) electrons. The molecule has 19 heavy (non-hydrogen) atoms. The molecule has 1 heterocycles. The Balaban J connectivity index is 1.93. The first kappa shape index (κ1) is 14.0. The van der Waals surface area contributed by atoms with Crippen molar-refractivity contribution in [2.75, 3.05) is 5.32 Å². The third-order valence-electron chi connectivity index (χ3n) is 3.31. The topological polar surface area (TPSA) is 30.5 Å². The summed E-state index contributed by atoms with van der Waals surface area (Å²) in [5, 5.41) is 3.52. The summed E-state index contributed by atoms with van der Waals surface area (Å²) in [6, 6.07) is 6.55. The Labute approximate surface area is 116 Å². The molecule has 2 rings (SSSR count). The molecule has 3 nitrogen and oxygen atoms in total. The molecular formula is C16H25NO2. The summed E-state index contributed by atoms with van der Waals surface area (Å²) in [6.07, 6.45) is 5.06. The van der Waals surface area contributed by atoms with E-state index in [4.69, 9.17) is 9.47 Å². The van der Waals surface area contributed by atoms with Crippen LogP contribution in [-0.4, -0.2) is 11.8 Å². The highest BCUT2D eigenvalue weighted by molar-refractivity contribution is 5.56. The van der Waals surface area contributed by atoms with Crippen LogP contribution in [0.15, 0.2) is 18.2 Å². The Morgan fingerprint density at radius 3 is 2.63 bits per heavy atom. The Morgan fingerprint density at radius 2 is 1.89 bits per heavy atom. The summed E-state index contributed by atoms with van der Waals surface area (Å²) in [5.74, 6) is 1.11. The average molecular weight is 263 g/mol. The normalized spacial score (nSPS) is 17.3. The molecule has 1 aliphatic rings. The SMILES string of the molecule is CCCCCC(C)Nc1ccc2c(c1)OC(C)(C)O2. The number of hydrogen-bond acceptors (Lipinski definition) is 3. The number of hydrogen-bond donors (Lipinski definition) is 1. The standard InChI is InChI=1S/C16H25NO2/c1-5-6-7-8-12(2)17-13-9-10-14-15(11-13)19-16(3,4)18-14/h9-12,17H,5-8H2,1-4H3. The predicted molar refractivity (Wildman–Crippen MR) is 79.0 cm³/mol. The molecule has 1 aromatic rings. The minimum atomic E-state index is -0.548. The Kier molecular flexibility index (Phi) is 4.23. The first-order chi connectivity index (χ1) is 9.00. The summed E-state index contributed by atoms with van der Waals surface area (Å²) in [4.78, 5) is 0. The van der Waals surface area contributed by atoms with Crippen molar-refractivity contribution < 1.29 is 9.47 Å². The summed E-state index contributed by atoms with van der Waals surface area (Å²) >= 11 is 0. The summed E-state index contributed by atoms with van der Waals surface area (Å²) in [5.41, 5.74) is 1.10. The van der Waals surface area contributed by atoms with Gasteiger partial charge in [-0.05, 0) is 25.5 Å². The summed E-state index contributed by atoms with van der Waals surface area (Å²) in [6.45, 7) is 8.31. The van der Waals surface area contributed by atoms with Crippen molar-refractivity contribution in [2.24, 2.45) is 0 Å². The zero-order valence-corrected chi connectivity index (χ0v) is 12.5. The highest BCUT2D eigenvalue weighted by atomic mass is 16.7. The van der Waals surface area contributed by atoms with E-state index in [2.05, 4.69) is 25.2 Å². The van der Waals surface area contributed by atoms with Crippen molar-refractivity contribution in [1.29, 1.82) is 0 Å². The smallest absolute Gasteiger partial charge is 0.246 e. The molecule has 1 unspecified atom stereocenters. The second kappa shape index (κ2) is 5.72. The van der Waals surface area contributed by atoms with Gasteiger partial charge in [0, 0.05) is 31.6 Å². The lowest BCUT2D eigenvalue weighted by Gasteiger charge is -2.16. The van der Waals surface area contributed by atoms with Gasteiger partial charge in [0.05, 0.1) is 0 Å². The first-order valence-corrected chi connectivity index (χ1v) is 7.29. The van der Waals surface area contributed by atoms with E-state index in [1.54, 1.807) is 0 Å². The average Bonchev–Trinajstić information content (AvgIpc) is 2.62. The van der Waals surface area contributed by atoms with E-state index < -0.39 is 5.79 Å². The number of fused-ring (bicyclic) bond motifs is 1. The second-order valence-corrected chi connectivity index (χ2v) is 5.81. The van der Waals surface area contributed by atoms with E-state index >= 15 is 0 Å². The molecule has 1 atom stereocenters. The molecule has 0 fully saturated rings. The van der Waals surface area contributed by atoms with Crippen LogP contribution in [0.4, 0.5) is 5.69 Å². The lowest BCUT2D eigenvalue weighted by atomic mass is 10.1. The molecule has 1 N–H and O–H groups in total. The monoisotopic (exact) mass is 263 g/mol. The van der Waals surface area contributed by atoms with Gasteiger partial charge in [-0.3, -0.25) is 0 Å². The number of unbranched alkanes of at least 4 members (excludes halogenated alkanes) is 2. The van der Waals surface area contributed by atoms with E-state index in [1.165, 1.54) is 25.7 Å². The number of nitrogens with one attached hydrogen (secondary N) is 1. The van der Waals surface area contributed by atoms with Crippen molar-refractivity contribution in [2.45, 2.75) is 65.2 Å². The molecule has 0 spiro atoms. The zero-order chi connectivity index (χ0) is 13.9. The highest BCUT2D eigenvalue weighted by Gasteiger charge is 2.31. The Morgan fingerprint density at radius 1 is 1.16 bits per heavy atom. The molecule has 1 aromatic carbocycles. The van der Waals surface area contributed by atoms with Crippen LogP contribution in [0.2, 0.25) is 0 Å². The number of ether oxygens (including phenoxy) is 2. The van der Waals surface area contributed by atoms with Gasteiger partial charge in [0.2, 0.25) is 5.79 Å². The lowest BCUT2D eigenvalue weighted by Crippen LogP contribution is -2.29. The Hall–Kier alpha value is -1.38. The lowest BCUT2D eigenvalue weighted by molar-refractivity contribution is -0.0431. The van der Waals surface area contributed by atoms with Gasteiger partial charge in [0.1, 0.15) is 0 Å². The quantitative estimate of drug-likeness (QED) is 0.762. The fraction of sp³-hybridized carbons (Fsp3) is 0.625. The number of anilines is 1. The van der Waals surface area contributed by atoms with E-state index in [-0.39, 0.29) is 0 Å². The van der Waals surface area contributed by atoms with Crippen LogP contribution in [0.3, 0.4) is 0 Å². The first-order valence-electron chi connectivity index (χ1n) is 7.29. The maximum absolute atomic E-state index is 5.75. The van der Waals surface area contributed by atoms with E-state index in [0.717, 1.165) is 17.2 Å². The van der Waals surface area contributed by atoms with Crippen LogP contribution in [0.1, 0.15) is 53.4 Å². The molecule has 1 aliphatic heterocycles. The van der Waals surface area contributed by atoms with Crippen molar-refractivity contribution in [3.05, 3.63) is 18.2 Å². The molecule has 0 aliphatic carbocycles. The van der Waals surface area contributed by atoms with Gasteiger partial charge < -0.3 is 14.8 Å². The van der Waals surface area contributed by atoms with Crippen molar-refractivity contribution in [1.82, 2.24) is 0 Å². The molecule has 106 valence electrons. The number of rotatable bonds is 6. The van der Waals surface area contributed by atoms with Crippen molar-refractivity contribution in [3.63, 3.8) is 0 Å². The maximum atomic E-state index is 5.75. The van der Waals surface area contributed by atoms with Crippen LogP contribution >= 0.6 is 0 Å². The fourth-order valence-corrected chi connectivity index (χ4v) is 2.37. The molecule has 3 heteroatoms. The highest BCUT2D eigenvalue weighted by Crippen LogP contribution is 2.40. The van der Waals surface area contributed by atoms with Crippen molar-refractivity contribution in [3.8, 4) is 11.5 Å². The number of benzene rings is 1. The molecular weight excluding hydrogens is 238 g/mol. The van der Waals surface area contributed by atoms with Crippen LogP contribution in [0, 0.1) is 0 Å². The van der Waals surface area contributed by atoms with Crippen LogP contribution in [-0.2, 0) is 0 Å². The molecule has 0 saturated carbocycles. The van der Waals surface area contributed by atoms with Gasteiger partial charge in [-0.25, -0.2) is 0 Å². The van der Waals surface area contributed by atoms with Crippen LogP contribution in [0.25, 0.3) is 0 Å². The van der Waals surface area contributed by atoms with Gasteiger partial charge in [0.25, 0.3) is 0 Å². The molecule has 0 saturated heterocycles. The largest absolute Gasteiger partial charge is 0.449 e. The van der Waals surface area contributed by atoms with Crippen molar-refractivity contribution >= 4 is 5.69 Å². The molecule has 0 bridgehead atoms. The van der Waals surface area contributed by atoms with E-state index in [1.807, 2.05) is 26.0 Å². The third kappa shape index (κ3) is 3.79. The van der Waals surface area contributed by atoms with E-state index in [9.17, 15) is 0 Å². The third-order valence-corrected chi connectivity index (χ3v) is 3.31. The minimum Gasteiger partial charge on any atom is -0.449 e. The maximum Gasteiger partial charge on any atom is 0.246 e. The van der Waals surface area contributed by atoms with Gasteiger partial charge in [-0.2, -0.15) is 0 Å². The Bertz CT molecular complexity index is 429. The minimum absolute atomic E-state index is 0.486. The van der Waals surface area contributed by atoms with Gasteiger partial charge >= 0.3 is 0 Å².